The van der Waals surface area contributed by atoms with Crippen molar-refractivity contribution in [2.24, 2.45) is 0 Å². The Bertz CT molecular complexity index is 815. The van der Waals surface area contributed by atoms with Crippen molar-refractivity contribution in [3.8, 4) is 0 Å². The molecule has 0 N–H and O–H groups in total. The number of nitrogens with zero attached hydrogens (tertiary/aromatic N) is 3. The second-order valence-electron chi connectivity index (χ2n) is 7.19. The fourth-order valence-corrected chi connectivity index (χ4v) is 3.39. The Labute approximate surface area is 161 Å². The lowest BCUT2D eigenvalue weighted by Crippen LogP contribution is -2.37. The van der Waals surface area contributed by atoms with E-state index in [2.05, 4.69) is 0 Å². The van der Waals surface area contributed by atoms with Crippen molar-refractivity contribution in [1.29, 1.82) is 0 Å². The van der Waals surface area contributed by atoms with Crippen molar-refractivity contribution in [2.45, 2.75) is 13.3 Å². The van der Waals surface area contributed by atoms with Gasteiger partial charge in [-0.1, -0.05) is 18.2 Å². The van der Waals surface area contributed by atoms with Crippen molar-refractivity contribution in [1.82, 2.24) is 9.80 Å². The van der Waals surface area contributed by atoms with E-state index >= 15 is 0 Å². The van der Waals surface area contributed by atoms with Crippen LogP contribution in [0.25, 0.3) is 0 Å². The Morgan fingerprint density at radius 2 is 1.41 bits per heavy atom. The molecule has 0 radical (unpaired) electrons. The van der Waals surface area contributed by atoms with E-state index in [1.54, 1.807) is 0 Å². The van der Waals surface area contributed by atoms with Gasteiger partial charge in [0.05, 0.1) is 0 Å². The molecule has 2 amide bonds. The summed E-state index contributed by atoms with van der Waals surface area (Å²) in [7, 11) is 3.96. The molecule has 0 aromatic heterocycles. The summed E-state index contributed by atoms with van der Waals surface area (Å²) in [4.78, 5) is 31.4. The predicted molar refractivity (Wildman–Crippen MR) is 108 cm³/mol. The number of benzene rings is 2. The van der Waals surface area contributed by atoms with Gasteiger partial charge >= 0.3 is 0 Å². The zero-order chi connectivity index (χ0) is 19.4. The van der Waals surface area contributed by atoms with E-state index in [9.17, 15) is 9.59 Å². The average Bonchev–Trinajstić information content (AvgIpc) is 2.93. The molecular weight excluding hydrogens is 338 g/mol. The van der Waals surface area contributed by atoms with Crippen LogP contribution in [0.5, 0.6) is 0 Å². The Hall–Kier alpha value is -2.82. The van der Waals surface area contributed by atoms with Crippen LogP contribution in [0.15, 0.2) is 48.5 Å². The first-order valence-electron chi connectivity index (χ1n) is 9.39. The highest BCUT2D eigenvalue weighted by molar-refractivity contribution is 5.96. The zero-order valence-corrected chi connectivity index (χ0v) is 16.3. The molecule has 0 aliphatic carbocycles. The van der Waals surface area contributed by atoms with Crippen LogP contribution in [0.4, 0.5) is 5.69 Å². The molecule has 0 spiro atoms. The van der Waals surface area contributed by atoms with Gasteiger partial charge < -0.3 is 14.7 Å². The first kappa shape index (κ1) is 19.0. The molecule has 1 saturated heterocycles. The summed E-state index contributed by atoms with van der Waals surface area (Å²) in [6.07, 6.45) is 0.791. The summed E-state index contributed by atoms with van der Waals surface area (Å²) >= 11 is 0. The Kier molecular flexibility index (Phi) is 5.79. The molecule has 0 unspecified atom stereocenters. The van der Waals surface area contributed by atoms with Gasteiger partial charge in [0.2, 0.25) is 0 Å². The molecule has 5 heteroatoms. The molecule has 1 aliphatic heterocycles. The summed E-state index contributed by atoms with van der Waals surface area (Å²) in [5.74, 6) is 0.0863. The van der Waals surface area contributed by atoms with Gasteiger partial charge in [-0.3, -0.25) is 9.59 Å². The highest BCUT2D eigenvalue weighted by Gasteiger charge is 2.24. The number of carbonyl (C=O) groups is 2. The lowest BCUT2D eigenvalue weighted by molar-refractivity contribution is 0.0718. The monoisotopic (exact) mass is 365 g/mol. The minimum absolute atomic E-state index is 0.0329. The van der Waals surface area contributed by atoms with Crippen LogP contribution in [0, 0.1) is 6.92 Å². The van der Waals surface area contributed by atoms with Gasteiger partial charge in [0.25, 0.3) is 11.8 Å². The van der Waals surface area contributed by atoms with Gasteiger partial charge in [0, 0.05) is 57.1 Å². The molecule has 27 heavy (non-hydrogen) atoms. The summed E-state index contributed by atoms with van der Waals surface area (Å²) in [6, 6.07) is 15.3. The Balaban J connectivity index is 1.66. The number of hydrogen-bond acceptors (Lipinski definition) is 3. The van der Waals surface area contributed by atoms with Gasteiger partial charge in [-0.15, -0.1) is 0 Å². The minimum atomic E-state index is 0.0329. The molecule has 2 aromatic carbocycles. The van der Waals surface area contributed by atoms with Crippen molar-refractivity contribution < 1.29 is 9.59 Å². The second kappa shape index (κ2) is 8.25. The molecular formula is C22H27N3O2. The van der Waals surface area contributed by atoms with E-state index in [-0.39, 0.29) is 11.8 Å². The van der Waals surface area contributed by atoms with Crippen molar-refractivity contribution in [3.63, 3.8) is 0 Å². The average molecular weight is 365 g/mol. The van der Waals surface area contributed by atoms with Crippen molar-refractivity contribution in [2.75, 3.05) is 45.2 Å². The fraction of sp³-hybridized carbons (Fsp3) is 0.364. The molecule has 1 aliphatic rings. The second-order valence-corrected chi connectivity index (χ2v) is 7.19. The molecule has 0 atom stereocenters. The third kappa shape index (κ3) is 4.30. The minimum Gasteiger partial charge on any atom is -0.378 e. The van der Waals surface area contributed by atoms with Gasteiger partial charge in [0.15, 0.2) is 0 Å². The maximum atomic E-state index is 12.8. The van der Waals surface area contributed by atoms with E-state index < -0.39 is 0 Å². The summed E-state index contributed by atoms with van der Waals surface area (Å²) in [5, 5.41) is 0. The smallest absolute Gasteiger partial charge is 0.254 e. The van der Waals surface area contributed by atoms with E-state index in [4.69, 9.17) is 0 Å². The van der Waals surface area contributed by atoms with Crippen LogP contribution in [-0.4, -0.2) is 61.9 Å². The lowest BCUT2D eigenvalue weighted by atomic mass is 10.1. The van der Waals surface area contributed by atoms with Crippen LogP contribution in [0.2, 0.25) is 0 Å². The lowest BCUT2D eigenvalue weighted by Gasteiger charge is -2.23. The maximum absolute atomic E-state index is 12.8. The van der Waals surface area contributed by atoms with Crippen molar-refractivity contribution in [3.05, 3.63) is 65.2 Å². The third-order valence-electron chi connectivity index (χ3n) is 5.08. The zero-order valence-electron chi connectivity index (χ0n) is 16.3. The molecule has 0 bridgehead atoms. The fourth-order valence-electron chi connectivity index (χ4n) is 3.39. The largest absolute Gasteiger partial charge is 0.378 e. The molecule has 5 nitrogen and oxygen atoms in total. The van der Waals surface area contributed by atoms with Crippen LogP contribution in [0.3, 0.4) is 0 Å². The number of carbonyl (C=O) groups excluding carboxylic acids is 2. The van der Waals surface area contributed by atoms with Gasteiger partial charge in [0.1, 0.15) is 0 Å². The number of rotatable bonds is 3. The SMILES string of the molecule is Cc1ccccc1C(=O)N1CCCN(C(=O)c2ccc(N(C)C)cc2)CC1. The van der Waals surface area contributed by atoms with E-state index in [0.29, 0.717) is 31.7 Å². The maximum Gasteiger partial charge on any atom is 0.254 e. The van der Waals surface area contributed by atoms with Gasteiger partial charge in [-0.25, -0.2) is 0 Å². The number of amides is 2. The first-order valence-corrected chi connectivity index (χ1v) is 9.39. The number of aryl methyl sites for hydroxylation is 1. The van der Waals surface area contributed by atoms with E-state index in [1.165, 1.54) is 0 Å². The molecule has 2 aromatic rings. The quantitative estimate of drug-likeness (QED) is 0.840. The van der Waals surface area contributed by atoms with Crippen LogP contribution in [-0.2, 0) is 0 Å². The topological polar surface area (TPSA) is 43.9 Å². The van der Waals surface area contributed by atoms with Gasteiger partial charge in [-0.05, 0) is 49.2 Å². The summed E-state index contributed by atoms with van der Waals surface area (Å²) in [6.45, 7) is 4.43. The number of anilines is 1. The molecule has 142 valence electrons. The van der Waals surface area contributed by atoms with Crippen LogP contribution >= 0.6 is 0 Å². The van der Waals surface area contributed by atoms with Gasteiger partial charge in [-0.2, -0.15) is 0 Å². The first-order chi connectivity index (χ1) is 13.0. The van der Waals surface area contributed by atoms with E-state index in [0.717, 1.165) is 23.2 Å². The van der Waals surface area contributed by atoms with Crippen LogP contribution < -0.4 is 4.90 Å². The number of hydrogen-bond donors (Lipinski definition) is 0. The Morgan fingerprint density at radius 3 is 2.00 bits per heavy atom. The molecule has 3 rings (SSSR count). The summed E-state index contributed by atoms with van der Waals surface area (Å²) in [5.41, 5.74) is 3.49. The Morgan fingerprint density at radius 1 is 0.815 bits per heavy atom. The highest BCUT2D eigenvalue weighted by Crippen LogP contribution is 2.16. The summed E-state index contributed by atoms with van der Waals surface area (Å²) < 4.78 is 0. The van der Waals surface area contributed by atoms with Crippen molar-refractivity contribution >= 4 is 17.5 Å². The van der Waals surface area contributed by atoms with Crippen LogP contribution in [0.1, 0.15) is 32.7 Å². The predicted octanol–water partition coefficient (Wildman–Crippen LogP) is 3.05. The van der Waals surface area contributed by atoms with E-state index in [1.807, 2.05) is 84.2 Å². The third-order valence-corrected chi connectivity index (χ3v) is 5.08. The normalized spacial score (nSPS) is 14.6. The highest BCUT2D eigenvalue weighted by atomic mass is 16.2. The molecule has 0 saturated carbocycles. The molecule has 1 fully saturated rings. The standard InChI is InChI=1S/C22H27N3O2/c1-17-7-4-5-8-20(17)22(27)25-14-6-13-24(15-16-25)21(26)18-9-11-19(12-10-18)23(2)3/h4-5,7-12H,6,13-16H2,1-3H3. The molecule has 1 heterocycles.